The minimum Gasteiger partial charge on any atom is -0.464 e. The van der Waals surface area contributed by atoms with Crippen LogP contribution < -0.4 is 14.8 Å². The van der Waals surface area contributed by atoms with E-state index in [0.717, 1.165) is 0 Å². The zero-order chi connectivity index (χ0) is 17.9. The lowest BCUT2D eigenvalue weighted by molar-refractivity contribution is 0.256. The molecule has 0 saturated heterocycles. The first kappa shape index (κ1) is 18.1. The van der Waals surface area contributed by atoms with E-state index in [0.29, 0.717) is 22.9 Å². The van der Waals surface area contributed by atoms with Gasteiger partial charge in [0.05, 0.1) is 6.61 Å². The summed E-state index contributed by atoms with van der Waals surface area (Å²) in [4.78, 5) is 24.4. The van der Waals surface area contributed by atoms with Crippen molar-refractivity contribution in [3.05, 3.63) is 21.6 Å². The fourth-order valence-corrected chi connectivity index (χ4v) is 4.52. The molecule has 2 heterocycles. The molecule has 0 bridgehead atoms. The van der Waals surface area contributed by atoms with E-state index in [1.54, 1.807) is 33.1 Å². The molecule has 2 amide bonds. The molecule has 0 aliphatic carbocycles. The summed E-state index contributed by atoms with van der Waals surface area (Å²) < 4.78 is 31.8. The number of rotatable bonds is 5. The number of urea groups is 1. The van der Waals surface area contributed by atoms with Gasteiger partial charge in [0.2, 0.25) is 5.95 Å². The maximum atomic E-state index is 12.3. The molecule has 0 radical (unpaired) electrons. The van der Waals surface area contributed by atoms with Crippen LogP contribution in [-0.4, -0.2) is 36.0 Å². The number of amides is 2. The molecule has 2 rings (SSSR count). The normalized spacial score (nSPS) is 11.2. The molecule has 0 unspecified atom stereocenters. The third kappa shape index (κ3) is 4.17. The molecule has 130 valence electrons. The second-order valence-corrected chi connectivity index (χ2v) is 7.49. The van der Waals surface area contributed by atoms with Gasteiger partial charge < -0.3 is 4.74 Å². The molecule has 0 saturated carbocycles. The van der Waals surface area contributed by atoms with Gasteiger partial charge in [-0.05, 0) is 38.6 Å². The van der Waals surface area contributed by atoms with E-state index in [-0.39, 0.29) is 16.9 Å². The molecule has 0 atom stereocenters. The Morgan fingerprint density at radius 2 is 1.96 bits per heavy atom. The lowest BCUT2D eigenvalue weighted by atomic mass is 10.3. The van der Waals surface area contributed by atoms with Gasteiger partial charge in [-0.1, -0.05) is 0 Å². The second-order valence-electron chi connectivity index (χ2n) is 4.79. The van der Waals surface area contributed by atoms with Crippen LogP contribution in [0.15, 0.2) is 10.3 Å². The molecular formula is C13H17N5O4S2. The first-order valence-corrected chi connectivity index (χ1v) is 9.33. The topological polar surface area (TPSA) is 123 Å². The highest BCUT2D eigenvalue weighted by molar-refractivity contribution is 7.90. The van der Waals surface area contributed by atoms with Crippen LogP contribution in [0, 0.1) is 20.8 Å². The third-order valence-electron chi connectivity index (χ3n) is 2.81. The van der Waals surface area contributed by atoms with Crippen LogP contribution in [-0.2, 0) is 10.0 Å². The van der Waals surface area contributed by atoms with Crippen LogP contribution in [0.25, 0.3) is 0 Å². The molecule has 0 aromatic carbocycles. The van der Waals surface area contributed by atoms with Gasteiger partial charge in [0, 0.05) is 4.88 Å². The number of hydrogen-bond donors (Lipinski definition) is 2. The average molecular weight is 371 g/mol. The van der Waals surface area contributed by atoms with Crippen molar-refractivity contribution in [3.8, 4) is 6.01 Å². The van der Waals surface area contributed by atoms with Crippen molar-refractivity contribution in [3.63, 3.8) is 0 Å². The van der Waals surface area contributed by atoms with Crippen LogP contribution in [0.5, 0.6) is 6.01 Å². The van der Waals surface area contributed by atoms with Gasteiger partial charge in [-0.15, -0.1) is 11.3 Å². The molecule has 0 spiro atoms. The number of aromatic nitrogens is 3. The average Bonchev–Trinajstić information content (AvgIpc) is 2.77. The summed E-state index contributed by atoms with van der Waals surface area (Å²) in [5.41, 5.74) is 0.576. The zero-order valence-corrected chi connectivity index (χ0v) is 15.2. The lowest BCUT2D eigenvalue weighted by Crippen LogP contribution is -2.35. The maximum Gasteiger partial charge on any atom is 0.335 e. The number of sulfonamides is 1. The molecule has 2 N–H and O–H groups in total. The summed E-state index contributed by atoms with van der Waals surface area (Å²) in [7, 11) is -3.98. The Hall–Kier alpha value is -2.27. The van der Waals surface area contributed by atoms with Gasteiger partial charge in [-0.3, -0.25) is 5.32 Å². The van der Waals surface area contributed by atoms with E-state index >= 15 is 0 Å². The number of carbonyl (C=O) groups is 1. The van der Waals surface area contributed by atoms with Crippen LogP contribution in [0.1, 0.15) is 23.2 Å². The first-order valence-electron chi connectivity index (χ1n) is 6.97. The third-order valence-corrected chi connectivity index (χ3v) is 5.59. The summed E-state index contributed by atoms with van der Waals surface area (Å²) in [5, 5.41) is 3.98. The van der Waals surface area contributed by atoms with Gasteiger partial charge in [-0.25, -0.2) is 17.9 Å². The largest absolute Gasteiger partial charge is 0.464 e. The van der Waals surface area contributed by atoms with Crippen LogP contribution in [0.3, 0.4) is 0 Å². The number of thiophene rings is 1. The Morgan fingerprint density at radius 1 is 1.25 bits per heavy atom. The lowest BCUT2D eigenvalue weighted by Gasteiger charge is -2.09. The summed E-state index contributed by atoms with van der Waals surface area (Å²) >= 11 is 1.30. The molecule has 0 aliphatic heterocycles. The Morgan fingerprint density at radius 3 is 2.54 bits per heavy atom. The quantitative estimate of drug-likeness (QED) is 0.821. The zero-order valence-electron chi connectivity index (χ0n) is 13.6. The van der Waals surface area contributed by atoms with E-state index in [4.69, 9.17) is 4.74 Å². The highest BCUT2D eigenvalue weighted by Gasteiger charge is 2.24. The molecule has 0 aliphatic rings. The van der Waals surface area contributed by atoms with Crippen LogP contribution >= 0.6 is 11.3 Å². The molecular weight excluding hydrogens is 354 g/mol. The van der Waals surface area contributed by atoms with Crippen LogP contribution in [0.2, 0.25) is 0 Å². The number of anilines is 1. The van der Waals surface area contributed by atoms with Gasteiger partial charge >= 0.3 is 12.0 Å². The smallest absolute Gasteiger partial charge is 0.335 e. The summed E-state index contributed by atoms with van der Waals surface area (Å²) in [6, 6.07) is -0.916. The van der Waals surface area contributed by atoms with Crippen molar-refractivity contribution in [2.45, 2.75) is 32.6 Å². The van der Waals surface area contributed by atoms with Gasteiger partial charge in [0.1, 0.15) is 10.7 Å². The Kier molecular flexibility index (Phi) is 5.34. The van der Waals surface area contributed by atoms with Gasteiger partial charge in [0.15, 0.2) is 0 Å². The predicted molar refractivity (Wildman–Crippen MR) is 88.9 cm³/mol. The maximum absolute atomic E-state index is 12.3. The fourth-order valence-electron chi connectivity index (χ4n) is 1.97. The van der Waals surface area contributed by atoms with Gasteiger partial charge in [-0.2, -0.15) is 15.0 Å². The van der Waals surface area contributed by atoms with Crippen molar-refractivity contribution in [1.29, 1.82) is 0 Å². The van der Waals surface area contributed by atoms with E-state index in [2.05, 4.69) is 20.3 Å². The number of nitrogens with one attached hydrogen (secondary N) is 2. The molecule has 11 heteroatoms. The van der Waals surface area contributed by atoms with Crippen molar-refractivity contribution >= 4 is 33.3 Å². The molecule has 9 nitrogen and oxygen atoms in total. The number of ether oxygens (including phenoxy) is 1. The van der Waals surface area contributed by atoms with E-state index in [1.165, 1.54) is 11.3 Å². The fraction of sp³-hybridized carbons (Fsp3) is 0.385. The first-order chi connectivity index (χ1) is 11.2. The Labute approximate surface area is 143 Å². The number of carbonyl (C=O) groups excluding carboxylic acids is 1. The predicted octanol–water partition coefficient (Wildman–Crippen LogP) is 1.77. The molecule has 2 aromatic rings. The molecule has 0 fully saturated rings. The highest BCUT2D eigenvalue weighted by atomic mass is 32.2. The SMILES string of the molecule is CCOc1nc(C)nc(NC(=O)NS(=O)(=O)c2c(C)csc2C)n1. The summed E-state index contributed by atoms with van der Waals surface area (Å²) in [5.74, 6) is 0.230. The highest BCUT2D eigenvalue weighted by Crippen LogP contribution is 2.25. The van der Waals surface area contributed by atoms with Crippen molar-refractivity contribution in [1.82, 2.24) is 19.7 Å². The standard InChI is InChI=1S/C13H17N5O4S2/c1-5-22-13-15-9(4)14-11(17-13)16-12(19)18-24(20,21)10-7(2)6-23-8(10)3/h6H,5H2,1-4H3,(H2,14,15,16,17,18,19). The minimum atomic E-state index is -3.98. The summed E-state index contributed by atoms with van der Waals surface area (Å²) in [6.45, 7) is 7.05. The monoisotopic (exact) mass is 371 g/mol. The van der Waals surface area contributed by atoms with Gasteiger partial charge in [0.25, 0.3) is 10.0 Å². The van der Waals surface area contributed by atoms with E-state index in [9.17, 15) is 13.2 Å². The molecule has 24 heavy (non-hydrogen) atoms. The van der Waals surface area contributed by atoms with Crippen molar-refractivity contribution in [2.75, 3.05) is 11.9 Å². The van der Waals surface area contributed by atoms with E-state index in [1.807, 2.05) is 4.72 Å². The number of hydrogen-bond acceptors (Lipinski definition) is 8. The van der Waals surface area contributed by atoms with E-state index < -0.39 is 16.1 Å². The Bertz CT molecular complexity index is 844. The number of aryl methyl sites for hydroxylation is 3. The van der Waals surface area contributed by atoms with Crippen molar-refractivity contribution < 1.29 is 17.9 Å². The summed E-state index contributed by atoms with van der Waals surface area (Å²) in [6.07, 6.45) is 0. The second kappa shape index (κ2) is 7.09. The minimum absolute atomic E-state index is 0.0488. The number of nitrogens with zero attached hydrogens (tertiary/aromatic N) is 3. The molecule has 2 aromatic heterocycles. The van der Waals surface area contributed by atoms with Crippen LogP contribution in [0.4, 0.5) is 10.7 Å². The van der Waals surface area contributed by atoms with Crippen molar-refractivity contribution in [2.24, 2.45) is 0 Å². The Balaban J connectivity index is 2.16.